The van der Waals surface area contributed by atoms with Crippen LogP contribution in [-0.2, 0) is 4.74 Å². The molecule has 11 heavy (non-hydrogen) atoms. The first-order chi connectivity index (χ1) is 5.07. The smallest absolute Gasteiger partial charge is 0.0951 e. The number of rotatable bonds is 1. The first-order valence-electron chi connectivity index (χ1n) is 4.20. The number of nitrogens with one attached hydrogen (secondary N) is 1. The summed E-state index contributed by atoms with van der Waals surface area (Å²) in [5.74, 6) is 0. The Kier molecular flexibility index (Phi) is 2.52. The van der Waals surface area contributed by atoms with E-state index in [9.17, 15) is 0 Å². The van der Waals surface area contributed by atoms with Crippen LogP contribution in [0, 0.1) is 0 Å². The van der Waals surface area contributed by atoms with Gasteiger partial charge in [0, 0.05) is 18.6 Å². The second-order valence-electron chi connectivity index (χ2n) is 3.50. The topological polar surface area (TPSA) is 47.3 Å². The van der Waals surface area contributed by atoms with E-state index < -0.39 is 0 Å². The quantitative estimate of drug-likeness (QED) is 0.569. The van der Waals surface area contributed by atoms with E-state index in [4.69, 9.17) is 10.5 Å². The van der Waals surface area contributed by atoms with Gasteiger partial charge in [0.1, 0.15) is 0 Å². The lowest BCUT2D eigenvalue weighted by atomic mass is 9.89. The zero-order valence-electron chi connectivity index (χ0n) is 7.55. The predicted octanol–water partition coefficient (Wildman–Crippen LogP) is 0.101. The zero-order chi connectivity index (χ0) is 8.48. The Morgan fingerprint density at radius 1 is 1.73 bits per heavy atom. The molecule has 1 fully saturated rings. The van der Waals surface area contributed by atoms with Crippen molar-refractivity contribution in [3.63, 3.8) is 0 Å². The van der Waals surface area contributed by atoms with Gasteiger partial charge in [-0.2, -0.15) is 0 Å². The molecule has 0 spiro atoms. The van der Waals surface area contributed by atoms with Crippen LogP contribution < -0.4 is 11.1 Å². The largest absolute Gasteiger partial charge is 0.371 e. The molecule has 1 aliphatic rings. The zero-order valence-corrected chi connectivity index (χ0v) is 7.55. The van der Waals surface area contributed by atoms with Crippen LogP contribution in [0.1, 0.15) is 20.8 Å². The lowest BCUT2D eigenvalue weighted by Gasteiger charge is -2.43. The maximum Gasteiger partial charge on any atom is 0.0951 e. The van der Waals surface area contributed by atoms with Crippen molar-refractivity contribution >= 4 is 0 Å². The molecule has 0 aromatic heterocycles. The Balaban J connectivity index is 2.64. The molecular weight excluding hydrogens is 140 g/mol. The van der Waals surface area contributed by atoms with E-state index in [2.05, 4.69) is 19.2 Å². The van der Waals surface area contributed by atoms with Gasteiger partial charge < -0.3 is 15.8 Å². The molecule has 0 saturated carbocycles. The monoisotopic (exact) mass is 158 g/mol. The molecule has 0 aromatic rings. The first kappa shape index (κ1) is 8.97. The van der Waals surface area contributed by atoms with E-state index in [1.54, 1.807) is 0 Å². The van der Waals surface area contributed by atoms with E-state index in [1.807, 2.05) is 6.92 Å². The Morgan fingerprint density at radius 3 is 2.73 bits per heavy atom. The lowest BCUT2D eigenvalue weighted by Crippen LogP contribution is -2.62. The average molecular weight is 158 g/mol. The highest BCUT2D eigenvalue weighted by Crippen LogP contribution is 2.21. The van der Waals surface area contributed by atoms with Gasteiger partial charge in [-0.25, -0.2) is 0 Å². The van der Waals surface area contributed by atoms with Crippen LogP contribution in [0.5, 0.6) is 0 Å². The van der Waals surface area contributed by atoms with Crippen molar-refractivity contribution < 1.29 is 4.74 Å². The maximum atomic E-state index is 5.83. The SMILES string of the molecule is CC(N)C1(C)OCCNC1C. The van der Waals surface area contributed by atoms with E-state index >= 15 is 0 Å². The lowest BCUT2D eigenvalue weighted by molar-refractivity contribution is -0.0916. The number of morpholine rings is 1. The number of ether oxygens (including phenoxy) is 1. The molecule has 3 N–H and O–H groups in total. The second kappa shape index (κ2) is 3.09. The fraction of sp³-hybridized carbons (Fsp3) is 1.00. The summed E-state index contributed by atoms with van der Waals surface area (Å²) < 4.78 is 5.65. The average Bonchev–Trinajstić information content (AvgIpc) is 1.95. The maximum absolute atomic E-state index is 5.83. The minimum atomic E-state index is -0.196. The second-order valence-corrected chi connectivity index (χ2v) is 3.50. The van der Waals surface area contributed by atoms with Crippen LogP contribution in [0.2, 0.25) is 0 Å². The molecule has 3 heteroatoms. The van der Waals surface area contributed by atoms with Crippen LogP contribution >= 0.6 is 0 Å². The fourth-order valence-corrected chi connectivity index (χ4v) is 1.40. The van der Waals surface area contributed by atoms with Crippen molar-refractivity contribution in [2.75, 3.05) is 13.2 Å². The predicted molar refractivity (Wildman–Crippen MR) is 45.5 cm³/mol. The molecule has 3 atom stereocenters. The van der Waals surface area contributed by atoms with Crippen molar-refractivity contribution in [1.29, 1.82) is 0 Å². The number of hydrogen-bond donors (Lipinski definition) is 2. The van der Waals surface area contributed by atoms with E-state index in [0.717, 1.165) is 13.2 Å². The summed E-state index contributed by atoms with van der Waals surface area (Å²) >= 11 is 0. The first-order valence-corrected chi connectivity index (χ1v) is 4.20. The molecule has 1 heterocycles. The Bertz CT molecular complexity index is 138. The molecule has 0 aromatic carbocycles. The molecule has 1 rings (SSSR count). The third-order valence-electron chi connectivity index (χ3n) is 2.73. The molecule has 0 amide bonds. The molecule has 0 aliphatic carbocycles. The van der Waals surface area contributed by atoms with Gasteiger partial charge in [-0.1, -0.05) is 0 Å². The van der Waals surface area contributed by atoms with Gasteiger partial charge in [0.05, 0.1) is 12.2 Å². The van der Waals surface area contributed by atoms with Crippen LogP contribution in [0.15, 0.2) is 0 Å². The van der Waals surface area contributed by atoms with Crippen molar-refractivity contribution in [3.05, 3.63) is 0 Å². The molecule has 0 bridgehead atoms. The molecule has 1 saturated heterocycles. The third kappa shape index (κ3) is 1.55. The van der Waals surface area contributed by atoms with Crippen molar-refractivity contribution in [3.8, 4) is 0 Å². The summed E-state index contributed by atoms with van der Waals surface area (Å²) in [5, 5.41) is 3.35. The van der Waals surface area contributed by atoms with Gasteiger partial charge in [0.25, 0.3) is 0 Å². The summed E-state index contributed by atoms with van der Waals surface area (Å²) in [4.78, 5) is 0. The fourth-order valence-electron chi connectivity index (χ4n) is 1.40. The van der Waals surface area contributed by atoms with Gasteiger partial charge in [-0.3, -0.25) is 0 Å². The molecule has 3 nitrogen and oxygen atoms in total. The Labute approximate surface area is 68.3 Å². The van der Waals surface area contributed by atoms with Crippen LogP contribution in [-0.4, -0.2) is 30.8 Å². The third-order valence-corrected chi connectivity index (χ3v) is 2.73. The van der Waals surface area contributed by atoms with Gasteiger partial charge in [-0.15, -0.1) is 0 Å². The minimum absolute atomic E-state index is 0.0744. The van der Waals surface area contributed by atoms with Crippen molar-refractivity contribution in [2.45, 2.75) is 38.5 Å². The summed E-state index contributed by atoms with van der Waals surface area (Å²) in [7, 11) is 0. The Hall–Kier alpha value is -0.120. The van der Waals surface area contributed by atoms with Gasteiger partial charge in [0.15, 0.2) is 0 Å². The highest BCUT2D eigenvalue weighted by Gasteiger charge is 2.37. The Morgan fingerprint density at radius 2 is 2.36 bits per heavy atom. The van der Waals surface area contributed by atoms with Gasteiger partial charge >= 0.3 is 0 Å². The summed E-state index contributed by atoms with van der Waals surface area (Å²) in [5.41, 5.74) is 5.63. The van der Waals surface area contributed by atoms with E-state index in [1.165, 1.54) is 0 Å². The summed E-state index contributed by atoms with van der Waals surface area (Å²) in [6.45, 7) is 7.87. The van der Waals surface area contributed by atoms with Gasteiger partial charge in [-0.05, 0) is 20.8 Å². The normalized spacial score (nSPS) is 42.0. The van der Waals surface area contributed by atoms with Crippen LogP contribution in [0.4, 0.5) is 0 Å². The number of nitrogens with two attached hydrogens (primary N) is 1. The van der Waals surface area contributed by atoms with Crippen LogP contribution in [0.25, 0.3) is 0 Å². The van der Waals surface area contributed by atoms with Gasteiger partial charge in [0.2, 0.25) is 0 Å². The minimum Gasteiger partial charge on any atom is -0.371 e. The van der Waals surface area contributed by atoms with Crippen molar-refractivity contribution in [1.82, 2.24) is 5.32 Å². The molecule has 0 radical (unpaired) electrons. The standard InChI is InChI=1S/C8H18N2O/c1-6(9)8(3)7(2)10-4-5-11-8/h6-7,10H,4-5,9H2,1-3H3. The highest BCUT2D eigenvalue weighted by atomic mass is 16.5. The van der Waals surface area contributed by atoms with E-state index in [-0.39, 0.29) is 11.6 Å². The molecule has 1 aliphatic heterocycles. The molecular formula is C8H18N2O. The number of hydrogen-bond acceptors (Lipinski definition) is 3. The van der Waals surface area contributed by atoms with E-state index in [0.29, 0.717) is 6.04 Å². The molecule has 66 valence electrons. The van der Waals surface area contributed by atoms with Crippen molar-refractivity contribution in [2.24, 2.45) is 5.73 Å². The summed E-state index contributed by atoms with van der Waals surface area (Å²) in [6.07, 6.45) is 0. The molecule has 3 unspecified atom stereocenters. The summed E-state index contributed by atoms with van der Waals surface area (Å²) in [6, 6.07) is 0.418. The highest BCUT2D eigenvalue weighted by molar-refractivity contribution is 4.95. The van der Waals surface area contributed by atoms with Crippen LogP contribution in [0.3, 0.4) is 0 Å².